The van der Waals surface area contributed by atoms with E-state index in [1.165, 1.54) is 11.1 Å². The number of fused-ring (bicyclic) bond motifs is 1. The summed E-state index contributed by atoms with van der Waals surface area (Å²) in [5.74, 6) is -0.205. The summed E-state index contributed by atoms with van der Waals surface area (Å²) in [6.07, 6.45) is 3.86. The van der Waals surface area contributed by atoms with Crippen LogP contribution in [0.2, 0.25) is 0 Å². The molecule has 0 atom stereocenters. The number of ether oxygens (including phenoxy) is 1. The van der Waals surface area contributed by atoms with Gasteiger partial charge in [0.15, 0.2) is 0 Å². The van der Waals surface area contributed by atoms with Crippen LogP contribution in [-0.2, 0) is 17.9 Å². The molecular weight excluding hydrogens is 214 g/mol. The normalized spacial score (nSPS) is 13.6. The highest BCUT2D eigenvalue weighted by Gasteiger charge is 2.23. The van der Waals surface area contributed by atoms with Crippen molar-refractivity contribution < 1.29 is 9.53 Å². The summed E-state index contributed by atoms with van der Waals surface area (Å²) >= 11 is 0. The summed E-state index contributed by atoms with van der Waals surface area (Å²) in [4.78, 5) is 11.4. The summed E-state index contributed by atoms with van der Waals surface area (Å²) in [6.45, 7) is 3.31. The quantitative estimate of drug-likeness (QED) is 0.738. The highest BCUT2D eigenvalue weighted by atomic mass is 16.5. The molecule has 1 aliphatic rings. The maximum Gasteiger partial charge on any atom is 0.340 e. The second-order valence-electron chi connectivity index (χ2n) is 4.37. The summed E-state index contributed by atoms with van der Waals surface area (Å²) in [5.41, 5.74) is 4.24. The van der Waals surface area contributed by atoms with Gasteiger partial charge in [-0.05, 0) is 18.1 Å². The van der Waals surface area contributed by atoms with Crippen molar-refractivity contribution in [2.45, 2.75) is 20.1 Å². The highest BCUT2D eigenvalue weighted by Crippen LogP contribution is 2.21. The van der Waals surface area contributed by atoms with Gasteiger partial charge >= 0.3 is 5.97 Å². The molecule has 2 aromatic rings. The Hall–Kier alpha value is -2.03. The molecule has 0 spiro atoms. The van der Waals surface area contributed by atoms with E-state index in [0.29, 0.717) is 12.2 Å². The molecule has 0 unspecified atom stereocenters. The second-order valence-corrected chi connectivity index (χ2v) is 4.37. The number of aromatic nitrogens is 1. The SMILES string of the molecule is Cc1ccccc1Cn1cc2c(c1)C(=O)OC2. The monoisotopic (exact) mass is 227 g/mol. The van der Waals surface area contributed by atoms with Gasteiger partial charge < -0.3 is 9.30 Å². The topological polar surface area (TPSA) is 31.2 Å². The Balaban J connectivity index is 1.90. The number of hydrogen-bond donors (Lipinski definition) is 0. The van der Waals surface area contributed by atoms with E-state index >= 15 is 0 Å². The van der Waals surface area contributed by atoms with Gasteiger partial charge in [0, 0.05) is 24.5 Å². The zero-order chi connectivity index (χ0) is 11.8. The molecule has 0 N–H and O–H groups in total. The van der Waals surface area contributed by atoms with Crippen LogP contribution in [-0.4, -0.2) is 10.5 Å². The highest BCUT2D eigenvalue weighted by molar-refractivity contribution is 5.93. The summed E-state index contributed by atoms with van der Waals surface area (Å²) in [5, 5.41) is 0. The lowest BCUT2D eigenvalue weighted by molar-refractivity contribution is 0.0533. The van der Waals surface area contributed by atoms with Gasteiger partial charge in [-0.3, -0.25) is 0 Å². The molecule has 0 saturated heterocycles. The summed E-state index contributed by atoms with van der Waals surface area (Å²) in [6, 6.07) is 8.28. The van der Waals surface area contributed by atoms with E-state index in [2.05, 4.69) is 19.1 Å². The lowest BCUT2D eigenvalue weighted by Gasteiger charge is -2.06. The zero-order valence-electron chi connectivity index (χ0n) is 9.64. The average molecular weight is 227 g/mol. The minimum absolute atomic E-state index is 0.205. The number of carbonyl (C=O) groups is 1. The Labute approximate surface area is 99.6 Å². The maximum absolute atomic E-state index is 11.4. The van der Waals surface area contributed by atoms with Crippen molar-refractivity contribution in [1.29, 1.82) is 0 Å². The number of rotatable bonds is 2. The first kappa shape index (κ1) is 10.1. The molecule has 3 heteroatoms. The second kappa shape index (κ2) is 3.77. The Kier molecular flexibility index (Phi) is 2.25. The number of aryl methyl sites for hydroxylation is 1. The van der Waals surface area contributed by atoms with E-state index < -0.39 is 0 Å². The number of nitrogens with zero attached hydrogens (tertiary/aromatic N) is 1. The Morgan fingerprint density at radius 2 is 2.12 bits per heavy atom. The molecule has 0 radical (unpaired) electrons. The third kappa shape index (κ3) is 1.73. The molecule has 1 aliphatic heterocycles. The molecule has 0 saturated carbocycles. The van der Waals surface area contributed by atoms with Crippen LogP contribution in [0.1, 0.15) is 27.0 Å². The van der Waals surface area contributed by atoms with Gasteiger partial charge in [-0.15, -0.1) is 0 Å². The van der Waals surface area contributed by atoms with E-state index in [0.717, 1.165) is 12.1 Å². The predicted octanol–water partition coefficient (Wildman–Crippen LogP) is 2.52. The minimum Gasteiger partial charge on any atom is -0.457 e. The first-order chi connectivity index (χ1) is 8.24. The molecule has 0 amide bonds. The molecular formula is C14H13NO2. The van der Waals surface area contributed by atoms with Gasteiger partial charge in [-0.2, -0.15) is 0 Å². The smallest absolute Gasteiger partial charge is 0.340 e. The maximum atomic E-state index is 11.4. The van der Waals surface area contributed by atoms with Crippen molar-refractivity contribution in [3.8, 4) is 0 Å². The van der Waals surface area contributed by atoms with E-state index in [1.54, 1.807) is 0 Å². The molecule has 0 fully saturated rings. The first-order valence-corrected chi connectivity index (χ1v) is 5.64. The van der Waals surface area contributed by atoms with Crippen LogP contribution in [0.4, 0.5) is 0 Å². The number of esters is 1. The molecule has 1 aromatic heterocycles. The van der Waals surface area contributed by atoms with Crippen LogP contribution < -0.4 is 0 Å². The molecule has 1 aromatic carbocycles. The van der Waals surface area contributed by atoms with Crippen LogP contribution in [0, 0.1) is 6.92 Å². The fourth-order valence-corrected chi connectivity index (χ4v) is 2.15. The van der Waals surface area contributed by atoms with Gasteiger partial charge in [-0.25, -0.2) is 4.79 Å². The number of hydrogen-bond acceptors (Lipinski definition) is 2. The van der Waals surface area contributed by atoms with E-state index in [-0.39, 0.29) is 5.97 Å². The van der Waals surface area contributed by atoms with E-state index in [9.17, 15) is 4.79 Å². The van der Waals surface area contributed by atoms with Crippen LogP contribution in [0.5, 0.6) is 0 Å². The van der Waals surface area contributed by atoms with Gasteiger partial charge in [0.1, 0.15) is 6.61 Å². The summed E-state index contributed by atoms with van der Waals surface area (Å²) in [7, 11) is 0. The zero-order valence-corrected chi connectivity index (χ0v) is 9.64. The van der Waals surface area contributed by atoms with Gasteiger partial charge in [-0.1, -0.05) is 24.3 Å². The lowest BCUT2D eigenvalue weighted by Crippen LogP contribution is -2.00. The number of benzene rings is 1. The number of carbonyl (C=O) groups excluding carboxylic acids is 1. The van der Waals surface area contributed by atoms with Crippen LogP contribution in [0.25, 0.3) is 0 Å². The van der Waals surface area contributed by atoms with Gasteiger partial charge in [0.2, 0.25) is 0 Å². The minimum atomic E-state index is -0.205. The number of cyclic esters (lactones) is 1. The molecule has 17 heavy (non-hydrogen) atoms. The Morgan fingerprint density at radius 1 is 1.29 bits per heavy atom. The molecule has 86 valence electrons. The van der Waals surface area contributed by atoms with Crippen molar-refractivity contribution in [2.75, 3.05) is 0 Å². The fourth-order valence-electron chi connectivity index (χ4n) is 2.15. The standard InChI is InChI=1S/C14H13NO2/c1-10-4-2-3-5-11(10)6-15-7-12-9-17-14(16)13(12)8-15/h2-5,7-8H,6,9H2,1H3. The lowest BCUT2D eigenvalue weighted by atomic mass is 10.1. The molecule has 2 heterocycles. The van der Waals surface area contributed by atoms with Gasteiger partial charge in [0.25, 0.3) is 0 Å². The van der Waals surface area contributed by atoms with Crippen LogP contribution in [0.15, 0.2) is 36.7 Å². The van der Waals surface area contributed by atoms with Crippen molar-refractivity contribution in [3.63, 3.8) is 0 Å². The van der Waals surface area contributed by atoms with Crippen molar-refractivity contribution in [1.82, 2.24) is 4.57 Å². The first-order valence-electron chi connectivity index (χ1n) is 5.64. The molecule has 0 bridgehead atoms. The van der Waals surface area contributed by atoms with Crippen LogP contribution >= 0.6 is 0 Å². The average Bonchev–Trinajstić information content (AvgIpc) is 2.85. The Bertz CT molecular complexity index is 584. The van der Waals surface area contributed by atoms with E-state index in [1.807, 2.05) is 29.1 Å². The molecule has 3 rings (SSSR count). The molecule has 3 nitrogen and oxygen atoms in total. The van der Waals surface area contributed by atoms with Crippen LogP contribution in [0.3, 0.4) is 0 Å². The third-order valence-corrected chi connectivity index (χ3v) is 3.16. The fraction of sp³-hybridized carbons (Fsp3) is 0.214. The third-order valence-electron chi connectivity index (χ3n) is 3.16. The van der Waals surface area contributed by atoms with Crippen molar-refractivity contribution in [2.24, 2.45) is 0 Å². The van der Waals surface area contributed by atoms with Crippen molar-refractivity contribution in [3.05, 3.63) is 58.9 Å². The van der Waals surface area contributed by atoms with Crippen molar-refractivity contribution >= 4 is 5.97 Å². The predicted molar refractivity (Wildman–Crippen MR) is 63.8 cm³/mol. The molecule has 0 aliphatic carbocycles. The largest absolute Gasteiger partial charge is 0.457 e. The van der Waals surface area contributed by atoms with E-state index in [4.69, 9.17) is 4.74 Å². The van der Waals surface area contributed by atoms with Gasteiger partial charge in [0.05, 0.1) is 5.56 Å². The summed E-state index contributed by atoms with van der Waals surface area (Å²) < 4.78 is 6.99. The Morgan fingerprint density at radius 3 is 2.88 bits per heavy atom.